The van der Waals surface area contributed by atoms with E-state index < -0.39 is 0 Å². The molecule has 4 nitrogen and oxygen atoms in total. The van der Waals surface area contributed by atoms with Gasteiger partial charge in [-0.2, -0.15) is 0 Å². The van der Waals surface area contributed by atoms with Crippen molar-refractivity contribution in [1.82, 2.24) is 14.1 Å². The molecule has 0 amide bonds. The smallest absolute Gasteiger partial charge is 0.0702 e. The lowest BCUT2D eigenvalue weighted by Crippen LogP contribution is -2.07. The van der Waals surface area contributed by atoms with Crippen molar-refractivity contribution < 1.29 is 0 Å². The van der Waals surface area contributed by atoms with E-state index >= 15 is 0 Å². The van der Waals surface area contributed by atoms with E-state index in [1.54, 1.807) is 0 Å². The average molecular weight is 821 g/mol. The summed E-state index contributed by atoms with van der Waals surface area (Å²) in [5.41, 5.74) is 19.0. The molecule has 3 heterocycles. The van der Waals surface area contributed by atoms with Gasteiger partial charge in [0.1, 0.15) is 0 Å². The Kier molecular flexibility index (Phi) is 9.05. The molecule has 1 N–H and O–H groups in total. The van der Waals surface area contributed by atoms with Gasteiger partial charge in [-0.15, -0.1) is 0 Å². The molecule has 0 fully saturated rings. The molecule has 12 rings (SSSR count). The number of aromatic nitrogens is 3. The molecule has 3 aromatic heterocycles. The van der Waals surface area contributed by atoms with Crippen LogP contribution in [0.15, 0.2) is 213 Å². The number of hydrogen-bond donors (Lipinski definition) is 1. The molecule has 0 aliphatic heterocycles. The van der Waals surface area contributed by atoms with Crippen LogP contribution in [0.1, 0.15) is 40.2 Å². The largest absolute Gasteiger partial charge is 0.309 e. The van der Waals surface area contributed by atoms with Crippen LogP contribution in [0, 0.1) is 5.41 Å². The lowest BCUT2D eigenvalue weighted by molar-refractivity contribution is 0.847. The first kappa shape index (κ1) is 37.7. The van der Waals surface area contributed by atoms with Crippen LogP contribution in [0.2, 0.25) is 0 Å². The number of rotatable bonds is 8. The summed E-state index contributed by atoms with van der Waals surface area (Å²) in [6.07, 6.45) is 17.5. The molecule has 0 radical (unpaired) electrons. The summed E-state index contributed by atoms with van der Waals surface area (Å²) in [6.45, 7) is 4.26. The van der Waals surface area contributed by atoms with Gasteiger partial charge in [0, 0.05) is 56.2 Å². The number of fused-ring (bicyclic) bond motifs is 10. The summed E-state index contributed by atoms with van der Waals surface area (Å²) in [4.78, 5) is 5.00. The molecule has 10 aromatic rings. The van der Waals surface area contributed by atoms with Crippen molar-refractivity contribution in [2.75, 3.05) is 0 Å². The van der Waals surface area contributed by atoms with Gasteiger partial charge in [-0.1, -0.05) is 134 Å². The maximum absolute atomic E-state index is 9.11. The normalized spacial score (nSPS) is 14.5. The monoisotopic (exact) mass is 820 g/mol. The molecule has 1 unspecified atom stereocenters. The molecule has 0 saturated carbocycles. The molecular formula is C60H44N4. The minimum atomic E-state index is 0.375. The summed E-state index contributed by atoms with van der Waals surface area (Å²) in [5, 5.41) is 14.0. The van der Waals surface area contributed by atoms with Crippen molar-refractivity contribution in [3.05, 3.63) is 241 Å². The van der Waals surface area contributed by atoms with Crippen molar-refractivity contribution in [2.45, 2.75) is 25.2 Å². The summed E-state index contributed by atoms with van der Waals surface area (Å²) in [6, 6.07) is 58.9. The van der Waals surface area contributed by atoms with Crippen LogP contribution in [0.3, 0.4) is 0 Å². The third kappa shape index (κ3) is 6.29. The summed E-state index contributed by atoms with van der Waals surface area (Å²) in [7, 11) is 0. The van der Waals surface area contributed by atoms with Crippen LogP contribution >= 0.6 is 0 Å². The Hall–Kier alpha value is -8.08. The number of pyridine rings is 1. The Morgan fingerprint density at radius 1 is 0.594 bits per heavy atom. The number of para-hydroxylation sites is 2. The molecular weight excluding hydrogens is 777 g/mol. The van der Waals surface area contributed by atoms with Crippen LogP contribution in [0.4, 0.5) is 0 Å². The molecule has 4 heteroatoms. The number of nitrogens with one attached hydrogen (secondary N) is 1. The van der Waals surface area contributed by atoms with E-state index in [9.17, 15) is 0 Å². The highest BCUT2D eigenvalue weighted by molar-refractivity contribution is 6.17. The summed E-state index contributed by atoms with van der Waals surface area (Å²) < 4.78 is 4.88. The molecule has 1 atom stereocenters. The predicted octanol–water partition coefficient (Wildman–Crippen LogP) is 14.9. The van der Waals surface area contributed by atoms with Crippen molar-refractivity contribution in [3.63, 3.8) is 0 Å². The van der Waals surface area contributed by atoms with Crippen LogP contribution < -0.4 is 0 Å². The van der Waals surface area contributed by atoms with Gasteiger partial charge in [-0.3, -0.25) is 4.98 Å². The lowest BCUT2D eigenvalue weighted by Gasteiger charge is -2.23. The minimum Gasteiger partial charge on any atom is -0.309 e. The van der Waals surface area contributed by atoms with Crippen molar-refractivity contribution in [2.24, 2.45) is 0 Å². The molecule has 0 bridgehead atoms. The zero-order chi connectivity index (χ0) is 42.7. The Labute approximate surface area is 372 Å². The average Bonchev–Trinajstić information content (AvgIpc) is 3.87. The minimum absolute atomic E-state index is 0.375. The van der Waals surface area contributed by atoms with Crippen molar-refractivity contribution in [3.8, 4) is 33.8 Å². The van der Waals surface area contributed by atoms with Gasteiger partial charge in [0.2, 0.25) is 0 Å². The fraction of sp³-hybridized carbons (Fsp3) is 0.0667. The van der Waals surface area contributed by atoms with E-state index in [1.165, 1.54) is 60.5 Å². The van der Waals surface area contributed by atoms with Gasteiger partial charge < -0.3 is 14.5 Å². The predicted molar refractivity (Wildman–Crippen MR) is 268 cm³/mol. The number of allylic oxidation sites excluding steroid dienone is 7. The maximum atomic E-state index is 9.11. The molecule has 2 aliphatic carbocycles. The second-order valence-electron chi connectivity index (χ2n) is 17.1. The Balaban J connectivity index is 1.00. The van der Waals surface area contributed by atoms with Gasteiger partial charge in [-0.05, 0) is 131 Å². The second-order valence-corrected chi connectivity index (χ2v) is 17.1. The highest BCUT2D eigenvalue weighted by atomic mass is 15.0. The molecule has 0 saturated heterocycles. The third-order valence-corrected chi connectivity index (χ3v) is 13.4. The number of aryl methyl sites for hydroxylation is 2. The molecule has 2 aliphatic rings. The first-order chi connectivity index (χ1) is 31.6. The Bertz CT molecular complexity index is 3580. The fourth-order valence-corrected chi connectivity index (χ4v) is 10.2. The number of benzene rings is 7. The zero-order valence-corrected chi connectivity index (χ0v) is 35.4. The highest BCUT2D eigenvalue weighted by Crippen LogP contribution is 2.45. The maximum Gasteiger partial charge on any atom is 0.0702 e. The van der Waals surface area contributed by atoms with Gasteiger partial charge in [0.15, 0.2) is 0 Å². The van der Waals surface area contributed by atoms with E-state index in [2.05, 4.69) is 180 Å². The van der Waals surface area contributed by atoms with Gasteiger partial charge >= 0.3 is 0 Å². The highest BCUT2D eigenvalue weighted by Gasteiger charge is 2.26. The van der Waals surface area contributed by atoms with Crippen molar-refractivity contribution in [1.29, 1.82) is 5.41 Å². The van der Waals surface area contributed by atoms with Gasteiger partial charge in [0.05, 0.1) is 33.5 Å². The van der Waals surface area contributed by atoms with E-state index in [-0.39, 0.29) is 0 Å². The van der Waals surface area contributed by atoms with Crippen LogP contribution in [0.5, 0.6) is 0 Å². The summed E-state index contributed by atoms with van der Waals surface area (Å²) in [5.74, 6) is 0.375. The Morgan fingerprint density at radius 2 is 1.31 bits per heavy atom. The molecule has 7 aromatic carbocycles. The van der Waals surface area contributed by atoms with E-state index in [4.69, 9.17) is 10.4 Å². The molecule has 304 valence electrons. The fourth-order valence-electron chi connectivity index (χ4n) is 10.2. The standard InChI is InChI=1S/C60H44N4/c1-39(40-14-6-2-7-15-40)22-30-55(61)43-25-32-58-52(35-43)50-29-28-48-49(60(50)64(58)47-20-12-5-13-21-47)27-23-42-34-54-53-36-44(56-31-24-45(38-62-56)41-16-8-3-9-17-41)26-33-57(53)63(59(54)37-51(42)48)46-18-10-4-11-19-46/h2-16,18-22,24-26,28-38,41,61H,1,17,23,27H2/b30-22-,61-55?. The Morgan fingerprint density at radius 3 is 2.06 bits per heavy atom. The van der Waals surface area contributed by atoms with E-state index in [1.807, 2.05) is 42.5 Å². The van der Waals surface area contributed by atoms with Crippen LogP contribution in [-0.4, -0.2) is 19.8 Å². The van der Waals surface area contributed by atoms with Crippen LogP contribution in [0.25, 0.3) is 82.9 Å². The van der Waals surface area contributed by atoms with Gasteiger partial charge in [-0.25, -0.2) is 0 Å². The SMILES string of the molecule is C=C(/C=C\C(=N)c1ccc2c(c1)c1ccc3c(c1n2-c1ccccc1)CCc1cc2c4cc(-c5ccc(C6C=CC=CC6)cn5)ccc4n(-c4ccccc4)c2cc1-3)c1ccccc1. The first-order valence-corrected chi connectivity index (χ1v) is 22.2. The van der Waals surface area contributed by atoms with Gasteiger partial charge in [0.25, 0.3) is 0 Å². The summed E-state index contributed by atoms with van der Waals surface area (Å²) >= 11 is 0. The third-order valence-electron chi connectivity index (χ3n) is 13.4. The lowest BCUT2D eigenvalue weighted by atomic mass is 9.83. The zero-order valence-electron chi connectivity index (χ0n) is 35.4. The molecule has 0 spiro atoms. The van der Waals surface area contributed by atoms with Crippen LogP contribution in [-0.2, 0) is 12.8 Å². The molecule has 64 heavy (non-hydrogen) atoms. The van der Waals surface area contributed by atoms with Crippen molar-refractivity contribution >= 4 is 54.9 Å². The van der Waals surface area contributed by atoms with E-state index in [0.717, 1.165) is 69.5 Å². The second kappa shape index (κ2) is 15.4. The number of hydrogen-bond acceptors (Lipinski definition) is 2. The quantitative estimate of drug-likeness (QED) is 0.120. The first-order valence-electron chi connectivity index (χ1n) is 22.2. The van der Waals surface area contributed by atoms with E-state index in [0.29, 0.717) is 11.6 Å². The topological polar surface area (TPSA) is 46.6 Å². The number of nitrogens with zero attached hydrogens (tertiary/aromatic N) is 3.